The molecule has 1 aromatic carbocycles. The SMILES string of the molecule is O=S(O)Cn1ccc2ccccc21. The quantitative estimate of drug-likeness (QED) is 0.743. The Morgan fingerprint density at radius 2 is 2.08 bits per heavy atom. The topological polar surface area (TPSA) is 42.2 Å². The molecule has 0 fully saturated rings. The molecule has 68 valence electrons. The van der Waals surface area contributed by atoms with Crippen molar-refractivity contribution < 1.29 is 8.76 Å². The largest absolute Gasteiger partial charge is 0.333 e. The van der Waals surface area contributed by atoms with Crippen molar-refractivity contribution in [2.24, 2.45) is 0 Å². The molecule has 13 heavy (non-hydrogen) atoms. The van der Waals surface area contributed by atoms with Gasteiger partial charge in [-0.25, -0.2) is 4.21 Å². The minimum Gasteiger partial charge on any atom is -0.333 e. The van der Waals surface area contributed by atoms with E-state index in [9.17, 15) is 4.21 Å². The van der Waals surface area contributed by atoms with Crippen molar-refractivity contribution in [3.63, 3.8) is 0 Å². The van der Waals surface area contributed by atoms with Gasteiger partial charge >= 0.3 is 0 Å². The van der Waals surface area contributed by atoms with Crippen LogP contribution in [0.5, 0.6) is 0 Å². The Labute approximate surface area is 78.3 Å². The number of aromatic nitrogens is 1. The molecule has 0 radical (unpaired) electrons. The van der Waals surface area contributed by atoms with Gasteiger partial charge in [-0.05, 0) is 17.5 Å². The summed E-state index contributed by atoms with van der Waals surface area (Å²) in [5.41, 5.74) is 0.991. The Kier molecular flexibility index (Phi) is 2.16. The number of rotatable bonds is 2. The van der Waals surface area contributed by atoms with Crippen LogP contribution in [0.3, 0.4) is 0 Å². The molecule has 1 N–H and O–H groups in total. The zero-order chi connectivity index (χ0) is 9.26. The normalized spacial score (nSPS) is 13.3. The average molecular weight is 195 g/mol. The molecule has 1 heterocycles. The van der Waals surface area contributed by atoms with E-state index >= 15 is 0 Å². The van der Waals surface area contributed by atoms with Crippen molar-refractivity contribution in [1.82, 2.24) is 4.57 Å². The first kappa shape index (κ1) is 8.47. The van der Waals surface area contributed by atoms with Gasteiger partial charge in [0.1, 0.15) is 5.88 Å². The van der Waals surface area contributed by atoms with E-state index in [1.807, 2.05) is 36.5 Å². The zero-order valence-corrected chi connectivity index (χ0v) is 7.70. The summed E-state index contributed by atoms with van der Waals surface area (Å²) in [4.78, 5) is 0. The Morgan fingerprint density at radius 3 is 2.85 bits per heavy atom. The van der Waals surface area contributed by atoms with Gasteiger partial charge < -0.3 is 9.12 Å². The van der Waals surface area contributed by atoms with Crippen LogP contribution in [0, 0.1) is 0 Å². The van der Waals surface area contributed by atoms with Crippen LogP contribution in [0.2, 0.25) is 0 Å². The molecule has 3 nitrogen and oxygen atoms in total. The van der Waals surface area contributed by atoms with Gasteiger partial charge in [-0.2, -0.15) is 0 Å². The number of hydrogen-bond acceptors (Lipinski definition) is 1. The van der Waals surface area contributed by atoms with Crippen LogP contribution in [-0.2, 0) is 17.0 Å². The fourth-order valence-electron chi connectivity index (χ4n) is 1.37. The monoisotopic (exact) mass is 195 g/mol. The van der Waals surface area contributed by atoms with Crippen LogP contribution < -0.4 is 0 Å². The fourth-order valence-corrected chi connectivity index (χ4v) is 1.84. The third-order valence-corrected chi connectivity index (χ3v) is 2.43. The molecule has 0 aliphatic rings. The van der Waals surface area contributed by atoms with E-state index in [1.54, 1.807) is 4.57 Å². The summed E-state index contributed by atoms with van der Waals surface area (Å²) in [5.74, 6) is 0.132. The Hall–Kier alpha value is -1.13. The van der Waals surface area contributed by atoms with Crippen LogP contribution in [-0.4, -0.2) is 13.3 Å². The number of para-hydroxylation sites is 1. The maximum Gasteiger partial charge on any atom is 0.173 e. The number of benzene rings is 1. The van der Waals surface area contributed by atoms with Gasteiger partial charge in [0.2, 0.25) is 0 Å². The van der Waals surface area contributed by atoms with E-state index in [0.717, 1.165) is 10.9 Å². The standard InChI is InChI=1S/C9H9NO2S/c11-13(12)7-10-6-5-8-3-1-2-4-9(8)10/h1-6H,7H2,(H,11,12). The number of nitrogens with zero attached hydrogens (tertiary/aromatic N) is 1. The van der Waals surface area contributed by atoms with E-state index in [4.69, 9.17) is 4.55 Å². The predicted octanol–water partition coefficient (Wildman–Crippen LogP) is 1.82. The van der Waals surface area contributed by atoms with Gasteiger partial charge in [-0.3, -0.25) is 0 Å². The molecule has 4 heteroatoms. The minimum atomic E-state index is -1.79. The first-order valence-electron chi connectivity index (χ1n) is 3.89. The second kappa shape index (κ2) is 3.32. The van der Waals surface area contributed by atoms with Crippen molar-refractivity contribution in [3.05, 3.63) is 36.5 Å². The maximum atomic E-state index is 10.6. The smallest absolute Gasteiger partial charge is 0.173 e. The molecule has 2 aromatic rings. The van der Waals surface area contributed by atoms with Crippen molar-refractivity contribution in [1.29, 1.82) is 0 Å². The lowest BCUT2D eigenvalue weighted by Gasteiger charge is -2.00. The third-order valence-electron chi connectivity index (χ3n) is 1.93. The number of fused-ring (bicyclic) bond motifs is 1. The summed E-state index contributed by atoms with van der Waals surface area (Å²) in [6.07, 6.45) is 1.82. The first-order valence-corrected chi connectivity index (χ1v) is 5.16. The van der Waals surface area contributed by atoms with Crippen molar-refractivity contribution in [2.75, 3.05) is 0 Å². The second-order valence-electron chi connectivity index (χ2n) is 2.79. The molecule has 1 aromatic heterocycles. The molecule has 0 aliphatic heterocycles. The van der Waals surface area contributed by atoms with E-state index in [1.165, 1.54) is 0 Å². The summed E-state index contributed by atoms with van der Waals surface area (Å²) in [6, 6.07) is 9.71. The molecule has 0 saturated carbocycles. The molecule has 0 saturated heterocycles. The maximum absolute atomic E-state index is 10.6. The van der Waals surface area contributed by atoms with Gasteiger partial charge in [0, 0.05) is 11.7 Å². The summed E-state index contributed by atoms with van der Waals surface area (Å²) in [5, 5.41) is 1.09. The van der Waals surface area contributed by atoms with E-state index in [0.29, 0.717) is 0 Å². The van der Waals surface area contributed by atoms with Crippen LogP contribution in [0.1, 0.15) is 0 Å². The minimum absolute atomic E-state index is 0.132. The summed E-state index contributed by atoms with van der Waals surface area (Å²) in [7, 11) is 0. The number of hydrogen-bond donors (Lipinski definition) is 1. The van der Waals surface area contributed by atoms with Crippen LogP contribution in [0.25, 0.3) is 10.9 Å². The Bertz CT molecular complexity index is 450. The van der Waals surface area contributed by atoms with Gasteiger partial charge in [0.15, 0.2) is 11.1 Å². The molecular formula is C9H9NO2S. The molecule has 1 unspecified atom stereocenters. The highest BCUT2D eigenvalue weighted by Gasteiger charge is 2.01. The van der Waals surface area contributed by atoms with Gasteiger partial charge in [-0.15, -0.1) is 0 Å². The van der Waals surface area contributed by atoms with Crippen molar-refractivity contribution >= 4 is 22.0 Å². The van der Waals surface area contributed by atoms with Crippen LogP contribution in [0.15, 0.2) is 36.5 Å². The highest BCUT2D eigenvalue weighted by molar-refractivity contribution is 7.78. The van der Waals surface area contributed by atoms with Gasteiger partial charge in [0.25, 0.3) is 0 Å². The Balaban J connectivity index is 2.51. The molecular weight excluding hydrogens is 186 g/mol. The summed E-state index contributed by atoms with van der Waals surface area (Å²) in [6.45, 7) is 0. The van der Waals surface area contributed by atoms with Crippen molar-refractivity contribution in [2.45, 2.75) is 5.88 Å². The zero-order valence-electron chi connectivity index (χ0n) is 6.88. The highest BCUT2D eigenvalue weighted by atomic mass is 32.2. The van der Waals surface area contributed by atoms with Gasteiger partial charge in [0.05, 0.1) is 0 Å². The molecule has 0 amide bonds. The summed E-state index contributed by atoms with van der Waals surface area (Å²) < 4.78 is 21.1. The molecule has 1 atom stereocenters. The molecule has 2 rings (SSSR count). The summed E-state index contributed by atoms with van der Waals surface area (Å²) >= 11 is -1.79. The molecule has 0 bridgehead atoms. The van der Waals surface area contributed by atoms with Crippen LogP contribution in [0.4, 0.5) is 0 Å². The van der Waals surface area contributed by atoms with Crippen LogP contribution >= 0.6 is 0 Å². The Morgan fingerprint density at radius 1 is 1.31 bits per heavy atom. The fraction of sp³-hybridized carbons (Fsp3) is 0.111. The van der Waals surface area contributed by atoms with E-state index in [2.05, 4.69) is 0 Å². The average Bonchev–Trinajstić information content (AvgIpc) is 2.48. The molecule has 0 spiro atoms. The lowest BCUT2D eigenvalue weighted by molar-refractivity contribution is 0.553. The first-order chi connectivity index (χ1) is 6.27. The van der Waals surface area contributed by atoms with Gasteiger partial charge in [-0.1, -0.05) is 18.2 Å². The van der Waals surface area contributed by atoms with Crippen molar-refractivity contribution in [3.8, 4) is 0 Å². The lowest BCUT2D eigenvalue weighted by atomic mass is 10.2. The predicted molar refractivity (Wildman–Crippen MR) is 52.7 cm³/mol. The highest BCUT2D eigenvalue weighted by Crippen LogP contribution is 2.14. The second-order valence-corrected chi connectivity index (χ2v) is 3.70. The molecule has 0 aliphatic carbocycles. The third kappa shape index (κ3) is 1.64. The van der Waals surface area contributed by atoms with E-state index in [-0.39, 0.29) is 5.88 Å². The lowest BCUT2D eigenvalue weighted by Crippen LogP contribution is -2.01. The van der Waals surface area contributed by atoms with E-state index < -0.39 is 11.1 Å².